The van der Waals surface area contributed by atoms with E-state index in [1.807, 2.05) is 27.7 Å². The summed E-state index contributed by atoms with van der Waals surface area (Å²) in [7, 11) is -1.23. The molecule has 0 amide bonds. The van der Waals surface area contributed by atoms with E-state index in [2.05, 4.69) is 11.3 Å². The first-order valence-corrected chi connectivity index (χ1v) is 6.93. The summed E-state index contributed by atoms with van der Waals surface area (Å²) in [5.74, 6) is -0.433. The maximum atomic E-state index is 11.9. The van der Waals surface area contributed by atoms with Crippen molar-refractivity contribution in [2.45, 2.75) is 51.8 Å². The Kier molecular flexibility index (Phi) is 6.64. The van der Waals surface area contributed by atoms with Gasteiger partial charge in [-0.05, 0) is 34.1 Å². The minimum atomic E-state index is -1.23. The molecular weight excluding hydrogens is 238 g/mol. The van der Waals surface area contributed by atoms with Crippen molar-refractivity contribution in [3.63, 3.8) is 0 Å². The topological polar surface area (TPSA) is 55.4 Å². The van der Waals surface area contributed by atoms with E-state index in [1.165, 1.54) is 0 Å². The van der Waals surface area contributed by atoms with Crippen LogP contribution < -0.4 is 4.72 Å². The van der Waals surface area contributed by atoms with Crippen molar-refractivity contribution < 1.29 is 13.7 Å². The second-order valence-corrected chi connectivity index (χ2v) is 6.70. The molecule has 0 saturated carbocycles. The van der Waals surface area contributed by atoms with Crippen LogP contribution in [0.5, 0.6) is 0 Å². The fourth-order valence-electron chi connectivity index (χ4n) is 1.07. The number of carbonyl (C=O) groups is 1. The highest BCUT2D eigenvalue weighted by Crippen LogP contribution is 2.13. The van der Waals surface area contributed by atoms with Crippen LogP contribution in [-0.4, -0.2) is 27.6 Å². The zero-order valence-electron chi connectivity index (χ0n) is 11.3. The molecule has 0 unspecified atom stereocenters. The highest BCUT2D eigenvalue weighted by atomic mass is 32.2. The first-order valence-electron chi connectivity index (χ1n) is 5.78. The summed E-state index contributed by atoms with van der Waals surface area (Å²) in [5.41, 5.74) is 0.326. The van der Waals surface area contributed by atoms with Gasteiger partial charge in [-0.3, -0.25) is 0 Å². The smallest absolute Gasteiger partial charge is 0.335 e. The van der Waals surface area contributed by atoms with Crippen LogP contribution in [0.2, 0.25) is 0 Å². The molecule has 0 aromatic heterocycles. The van der Waals surface area contributed by atoms with Crippen molar-refractivity contribution in [1.82, 2.24) is 4.72 Å². The SMILES string of the molecule is C=C(C(=O)OCC)[C@H](CC)N[S@](=O)C(C)(C)C. The van der Waals surface area contributed by atoms with Gasteiger partial charge in [0.2, 0.25) is 0 Å². The number of hydrogen-bond donors (Lipinski definition) is 1. The van der Waals surface area contributed by atoms with Crippen LogP contribution in [0.15, 0.2) is 12.2 Å². The molecule has 17 heavy (non-hydrogen) atoms. The molecule has 2 atom stereocenters. The van der Waals surface area contributed by atoms with Crippen molar-refractivity contribution in [2.24, 2.45) is 0 Å². The molecule has 1 N–H and O–H groups in total. The quantitative estimate of drug-likeness (QED) is 0.587. The molecule has 0 fully saturated rings. The Morgan fingerprint density at radius 3 is 2.29 bits per heavy atom. The van der Waals surface area contributed by atoms with Crippen molar-refractivity contribution in [3.8, 4) is 0 Å². The number of esters is 1. The van der Waals surface area contributed by atoms with Gasteiger partial charge in [-0.15, -0.1) is 0 Å². The molecule has 0 saturated heterocycles. The summed E-state index contributed by atoms with van der Waals surface area (Å²) in [4.78, 5) is 11.5. The summed E-state index contributed by atoms with van der Waals surface area (Å²) in [6.45, 7) is 13.3. The average molecular weight is 261 g/mol. The van der Waals surface area contributed by atoms with Crippen LogP contribution in [0, 0.1) is 0 Å². The molecule has 0 aliphatic rings. The third kappa shape index (κ3) is 5.46. The lowest BCUT2D eigenvalue weighted by atomic mass is 10.1. The lowest BCUT2D eigenvalue weighted by Crippen LogP contribution is -2.41. The molecule has 0 bridgehead atoms. The number of nitrogens with one attached hydrogen (secondary N) is 1. The van der Waals surface area contributed by atoms with Gasteiger partial charge in [-0.2, -0.15) is 0 Å². The molecule has 0 radical (unpaired) electrons. The van der Waals surface area contributed by atoms with Crippen LogP contribution in [0.3, 0.4) is 0 Å². The van der Waals surface area contributed by atoms with Gasteiger partial charge >= 0.3 is 5.97 Å². The fourth-order valence-corrected chi connectivity index (χ4v) is 1.99. The molecule has 0 spiro atoms. The number of carbonyl (C=O) groups excluding carboxylic acids is 1. The zero-order valence-corrected chi connectivity index (χ0v) is 12.1. The standard InChI is InChI=1S/C12H23NO3S/c1-7-10(9(3)11(14)16-8-2)13-17(15)12(4,5)6/h10,13H,3,7-8H2,1-2,4-6H3/t10-,17+/m0/s1. The van der Waals surface area contributed by atoms with E-state index in [9.17, 15) is 9.00 Å². The van der Waals surface area contributed by atoms with E-state index >= 15 is 0 Å². The zero-order chi connectivity index (χ0) is 13.6. The minimum absolute atomic E-state index is 0.311. The van der Waals surface area contributed by atoms with Crippen LogP contribution in [-0.2, 0) is 20.5 Å². The van der Waals surface area contributed by atoms with Gasteiger partial charge in [0.05, 0.1) is 28.4 Å². The average Bonchev–Trinajstić information content (AvgIpc) is 2.23. The van der Waals surface area contributed by atoms with Crippen LogP contribution in [0.1, 0.15) is 41.0 Å². The van der Waals surface area contributed by atoms with Crippen molar-refractivity contribution in [3.05, 3.63) is 12.2 Å². The van der Waals surface area contributed by atoms with Gasteiger partial charge in [0.25, 0.3) is 0 Å². The normalized spacial score (nSPS) is 15.1. The van der Waals surface area contributed by atoms with Gasteiger partial charge in [0.1, 0.15) is 0 Å². The van der Waals surface area contributed by atoms with E-state index in [0.717, 1.165) is 0 Å². The summed E-state index contributed by atoms with van der Waals surface area (Å²) in [5, 5.41) is 0. The first kappa shape index (κ1) is 16.3. The Labute approximate surface area is 106 Å². The Morgan fingerprint density at radius 2 is 1.94 bits per heavy atom. The molecule has 0 rings (SSSR count). The highest BCUT2D eigenvalue weighted by Gasteiger charge is 2.25. The third-order valence-corrected chi connectivity index (χ3v) is 3.78. The number of ether oxygens (including phenoxy) is 1. The van der Waals surface area contributed by atoms with E-state index in [0.29, 0.717) is 18.6 Å². The van der Waals surface area contributed by atoms with E-state index in [4.69, 9.17) is 4.74 Å². The van der Waals surface area contributed by atoms with Crippen molar-refractivity contribution >= 4 is 17.0 Å². The van der Waals surface area contributed by atoms with Crippen LogP contribution in [0.4, 0.5) is 0 Å². The monoisotopic (exact) mass is 261 g/mol. The molecule has 100 valence electrons. The van der Waals surface area contributed by atoms with Crippen molar-refractivity contribution in [2.75, 3.05) is 6.61 Å². The molecule has 5 heteroatoms. The van der Waals surface area contributed by atoms with Gasteiger partial charge in [0.15, 0.2) is 0 Å². The third-order valence-electron chi connectivity index (χ3n) is 2.17. The van der Waals surface area contributed by atoms with Crippen molar-refractivity contribution in [1.29, 1.82) is 0 Å². The fraction of sp³-hybridized carbons (Fsp3) is 0.750. The lowest BCUT2D eigenvalue weighted by Gasteiger charge is -2.24. The maximum Gasteiger partial charge on any atom is 0.335 e. The largest absolute Gasteiger partial charge is 0.463 e. The van der Waals surface area contributed by atoms with E-state index in [1.54, 1.807) is 6.92 Å². The van der Waals surface area contributed by atoms with Gasteiger partial charge in [0, 0.05) is 5.57 Å². The van der Waals surface area contributed by atoms with Gasteiger partial charge in [-0.1, -0.05) is 13.5 Å². The molecule has 0 heterocycles. The highest BCUT2D eigenvalue weighted by molar-refractivity contribution is 7.84. The minimum Gasteiger partial charge on any atom is -0.463 e. The Bertz CT molecular complexity index is 307. The predicted octanol–water partition coefficient (Wildman–Crippen LogP) is 1.94. The number of hydrogen-bond acceptors (Lipinski definition) is 3. The Balaban J connectivity index is 4.59. The Hall–Kier alpha value is -0.680. The number of rotatable bonds is 6. The molecule has 4 nitrogen and oxygen atoms in total. The first-order chi connectivity index (χ1) is 7.73. The summed E-state index contributed by atoms with van der Waals surface area (Å²) >= 11 is 0. The predicted molar refractivity (Wildman–Crippen MR) is 70.9 cm³/mol. The van der Waals surface area contributed by atoms with Gasteiger partial charge in [-0.25, -0.2) is 13.7 Å². The molecule has 0 aliphatic carbocycles. The van der Waals surface area contributed by atoms with Crippen LogP contribution >= 0.6 is 0 Å². The van der Waals surface area contributed by atoms with Gasteiger partial charge < -0.3 is 4.74 Å². The summed E-state index contributed by atoms with van der Waals surface area (Å²) in [6, 6.07) is -0.311. The second-order valence-electron chi connectivity index (χ2n) is 4.71. The summed E-state index contributed by atoms with van der Waals surface area (Å²) < 4.78 is 19.3. The molecule has 0 aromatic carbocycles. The van der Waals surface area contributed by atoms with E-state index < -0.39 is 17.0 Å². The molecule has 0 aliphatic heterocycles. The lowest BCUT2D eigenvalue weighted by molar-refractivity contribution is -0.138. The second kappa shape index (κ2) is 6.91. The summed E-state index contributed by atoms with van der Waals surface area (Å²) in [6.07, 6.45) is 0.638. The molecule has 0 aromatic rings. The maximum absolute atomic E-state index is 11.9. The Morgan fingerprint density at radius 1 is 1.41 bits per heavy atom. The van der Waals surface area contributed by atoms with Crippen LogP contribution in [0.25, 0.3) is 0 Å². The van der Waals surface area contributed by atoms with E-state index in [-0.39, 0.29) is 10.8 Å². The molecular formula is C12H23NO3S.